The first-order valence-electron chi connectivity index (χ1n) is 9.40. The summed E-state index contributed by atoms with van der Waals surface area (Å²) in [5, 5.41) is 5.87. The maximum Gasteiger partial charge on any atom is 0.267 e. The number of nitrogens with zero attached hydrogens (tertiary/aromatic N) is 3. The zero-order chi connectivity index (χ0) is 22.5. The van der Waals surface area contributed by atoms with Crippen LogP contribution >= 0.6 is 0 Å². The number of benzene rings is 1. The van der Waals surface area contributed by atoms with Crippen molar-refractivity contribution in [1.29, 1.82) is 0 Å². The van der Waals surface area contributed by atoms with E-state index < -0.39 is 29.3 Å². The maximum atomic E-state index is 12.5. The molecular formula is C20H22N8O3. The molecule has 11 heteroatoms. The Labute approximate surface area is 177 Å². The summed E-state index contributed by atoms with van der Waals surface area (Å²) in [6.07, 6.45) is 3.25. The van der Waals surface area contributed by atoms with Crippen LogP contribution in [-0.4, -0.2) is 37.8 Å². The Balaban J connectivity index is 1.96. The number of aromatic amines is 1. The largest absolute Gasteiger partial charge is 0.369 e. The molecule has 0 aliphatic heterocycles. The number of carbonyl (C=O) groups excluding carboxylic acids is 2. The Kier molecular flexibility index (Phi) is 6.24. The van der Waals surface area contributed by atoms with Crippen molar-refractivity contribution in [3.63, 3.8) is 0 Å². The van der Waals surface area contributed by atoms with Crippen molar-refractivity contribution in [3.05, 3.63) is 58.6 Å². The third-order valence-electron chi connectivity index (χ3n) is 4.68. The monoisotopic (exact) mass is 422 g/mol. The SMILES string of the molecule is CC(Nc1nc(Nc2cccc(-c3ncccn3)c2)c(C(N)=O)c(=O)[nH]1)C(C)C(N)=O. The van der Waals surface area contributed by atoms with Gasteiger partial charge < -0.3 is 22.1 Å². The summed E-state index contributed by atoms with van der Waals surface area (Å²) in [4.78, 5) is 50.9. The molecule has 31 heavy (non-hydrogen) atoms. The fourth-order valence-corrected chi connectivity index (χ4v) is 2.77. The van der Waals surface area contributed by atoms with Gasteiger partial charge in [-0.15, -0.1) is 0 Å². The zero-order valence-corrected chi connectivity index (χ0v) is 16.9. The molecule has 11 nitrogen and oxygen atoms in total. The molecule has 2 heterocycles. The van der Waals surface area contributed by atoms with Crippen molar-refractivity contribution < 1.29 is 9.59 Å². The number of hydrogen-bond acceptors (Lipinski definition) is 8. The van der Waals surface area contributed by atoms with E-state index in [0.29, 0.717) is 11.5 Å². The Hall–Kier alpha value is -4.28. The molecule has 3 rings (SSSR count). The predicted molar refractivity (Wildman–Crippen MR) is 116 cm³/mol. The number of primary amides is 2. The van der Waals surface area contributed by atoms with Crippen molar-refractivity contribution >= 4 is 29.3 Å². The van der Waals surface area contributed by atoms with E-state index in [2.05, 4.69) is 30.6 Å². The van der Waals surface area contributed by atoms with E-state index in [4.69, 9.17) is 11.5 Å². The number of amides is 2. The Morgan fingerprint density at radius 3 is 2.45 bits per heavy atom. The Morgan fingerprint density at radius 1 is 1.10 bits per heavy atom. The van der Waals surface area contributed by atoms with E-state index in [-0.39, 0.29) is 17.3 Å². The Bertz CT molecular complexity index is 1160. The van der Waals surface area contributed by atoms with Gasteiger partial charge in [0.1, 0.15) is 5.56 Å². The first-order valence-corrected chi connectivity index (χ1v) is 9.40. The highest BCUT2D eigenvalue weighted by Crippen LogP contribution is 2.23. The fraction of sp³-hybridized carbons (Fsp3) is 0.200. The molecule has 0 saturated carbocycles. The number of anilines is 3. The maximum absolute atomic E-state index is 12.5. The van der Waals surface area contributed by atoms with Crippen LogP contribution in [0.5, 0.6) is 0 Å². The van der Waals surface area contributed by atoms with Crippen LogP contribution in [0.4, 0.5) is 17.5 Å². The van der Waals surface area contributed by atoms with Crippen molar-refractivity contribution in [2.45, 2.75) is 19.9 Å². The van der Waals surface area contributed by atoms with Gasteiger partial charge in [0.15, 0.2) is 11.6 Å². The lowest BCUT2D eigenvalue weighted by molar-refractivity contribution is -0.121. The molecule has 1 aromatic carbocycles. The van der Waals surface area contributed by atoms with Crippen molar-refractivity contribution in [2.24, 2.45) is 17.4 Å². The minimum absolute atomic E-state index is 0.0381. The third-order valence-corrected chi connectivity index (χ3v) is 4.68. The van der Waals surface area contributed by atoms with Crippen LogP contribution in [0.2, 0.25) is 0 Å². The molecule has 160 valence electrons. The number of aromatic nitrogens is 4. The molecule has 0 aliphatic rings. The van der Waals surface area contributed by atoms with Gasteiger partial charge >= 0.3 is 0 Å². The molecule has 0 spiro atoms. The van der Waals surface area contributed by atoms with E-state index >= 15 is 0 Å². The quantitative estimate of drug-likeness (QED) is 0.356. The highest BCUT2D eigenvalue weighted by molar-refractivity contribution is 5.98. The van der Waals surface area contributed by atoms with Crippen LogP contribution in [0, 0.1) is 5.92 Å². The molecule has 2 unspecified atom stereocenters. The summed E-state index contributed by atoms with van der Waals surface area (Å²) in [5.41, 5.74) is 10.9. The second-order valence-electron chi connectivity index (χ2n) is 6.90. The average Bonchev–Trinajstić information content (AvgIpc) is 2.73. The molecule has 2 aromatic heterocycles. The third kappa shape index (κ3) is 5.01. The number of rotatable bonds is 8. The molecule has 2 amide bonds. The molecule has 7 N–H and O–H groups in total. The number of nitrogens with one attached hydrogen (secondary N) is 3. The molecule has 0 aliphatic carbocycles. The van der Waals surface area contributed by atoms with E-state index in [1.165, 1.54) is 0 Å². The van der Waals surface area contributed by atoms with Crippen LogP contribution in [-0.2, 0) is 4.79 Å². The minimum atomic E-state index is -0.941. The molecule has 0 fully saturated rings. The van der Waals surface area contributed by atoms with Gasteiger partial charge in [-0.05, 0) is 25.1 Å². The van der Waals surface area contributed by atoms with Gasteiger partial charge in [0, 0.05) is 29.7 Å². The second kappa shape index (κ2) is 9.03. The highest BCUT2D eigenvalue weighted by Gasteiger charge is 2.21. The first kappa shape index (κ1) is 21.4. The summed E-state index contributed by atoms with van der Waals surface area (Å²) < 4.78 is 0. The van der Waals surface area contributed by atoms with Gasteiger partial charge in [-0.2, -0.15) is 4.98 Å². The van der Waals surface area contributed by atoms with E-state index in [0.717, 1.165) is 5.56 Å². The van der Waals surface area contributed by atoms with Crippen molar-refractivity contribution in [1.82, 2.24) is 19.9 Å². The first-order chi connectivity index (χ1) is 14.8. The van der Waals surface area contributed by atoms with E-state index in [1.807, 2.05) is 6.07 Å². The summed E-state index contributed by atoms with van der Waals surface area (Å²) in [7, 11) is 0. The number of carbonyl (C=O) groups is 2. The second-order valence-corrected chi connectivity index (χ2v) is 6.90. The molecule has 2 atom stereocenters. The molecular weight excluding hydrogens is 400 g/mol. The van der Waals surface area contributed by atoms with Crippen molar-refractivity contribution in [2.75, 3.05) is 10.6 Å². The number of nitrogens with two attached hydrogens (primary N) is 2. The van der Waals surface area contributed by atoms with Gasteiger partial charge in [-0.1, -0.05) is 19.1 Å². The predicted octanol–water partition coefficient (Wildman–Crippen LogP) is 0.991. The zero-order valence-electron chi connectivity index (χ0n) is 16.9. The lowest BCUT2D eigenvalue weighted by atomic mass is 10.0. The van der Waals surface area contributed by atoms with Crippen LogP contribution in [0.3, 0.4) is 0 Å². The normalized spacial score (nSPS) is 12.6. The summed E-state index contributed by atoms with van der Waals surface area (Å²) in [5.74, 6) is -1.44. The topological polar surface area (TPSA) is 182 Å². The van der Waals surface area contributed by atoms with Gasteiger partial charge in [-0.3, -0.25) is 19.4 Å². The van der Waals surface area contributed by atoms with Crippen LogP contribution < -0.4 is 27.7 Å². The minimum Gasteiger partial charge on any atom is -0.369 e. The number of H-pyrrole nitrogens is 1. The van der Waals surface area contributed by atoms with Crippen LogP contribution in [0.15, 0.2) is 47.5 Å². The van der Waals surface area contributed by atoms with Gasteiger partial charge in [0.25, 0.3) is 11.5 Å². The molecule has 0 bridgehead atoms. The van der Waals surface area contributed by atoms with Gasteiger partial charge in [0.05, 0.1) is 5.92 Å². The summed E-state index contributed by atoms with van der Waals surface area (Å²) >= 11 is 0. The fourth-order valence-electron chi connectivity index (χ4n) is 2.77. The molecule has 0 saturated heterocycles. The Morgan fingerprint density at radius 2 is 1.81 bits per heavy atom. The van der Waals surface area contributed by atoms with E-state index in [9.17, 15) is 14.4 Å². The standard InChI is InChI=1S/C20H22N8O3/c1-10(15(21)29)11(2)25-20-27-18(14(16(22)30)19(31)28-20)26-13-6-3-5-12(9-13)17-23-7-4-8-24-17/h3-11H,1-2H3,(H2,21,29)(H2,22,30)(H3,25,26,27,28,31). The van der Waals surface area contributed by atoms with Crippen LogP contribution in [0.1, 0.15) is 24.2 Å². The lowest BCUT2D eigenvalue weighted by Gasteiger charge is -2.19. The van der Waals surface area contributed by atoms with Gasteiger partial charge in [0.2, 0.25) is 11.9 Å². The van der Waals surface area contributed by atoms with Crippen LogP contribution in [0.25, 0.3) is 11.4 Å². The smallest absolute Gasteiger partial charge is 0.267 e. The highest BCUT2D eigenvalue weighted by atomic mass is 16.2. The summed E-state index contributed by atoms with van der Waals surface area (Å²) in [6, 6.07) is 8.34. The number of hydrogen-bond donors (Lipinski definition) is 5. The van der Waals surface area contributed by atoms with Gasteiger partial charge in [-0.25, -0.2) is 9.97 Å². The van der Waals surface area contributed by atoms with Crippen molar-refractivity contribution in [3.8, 4) is 11.4 Å². The summed E-state index contributed by atoms with van der Waals surface area (Å²) in [6.45, 7) is 3.36. The van der Waals surface area contributed by atoms with E-state index in [1.54, 1.807) is 50.5 Å². The molecule has 3 aromatic rings. The lowest BCUT2D eigenvalue weighted by Crippen LogP contribution is -2.36. The molecule has 0 radical (unpaired) electrons. The average molecular weight is 422 g/mol.